The van der Waals surface area contributed by atoms with Crippen LogP contribution in [0.15, 0.2) is 48.5 Å². The van der Waals surface area contributed by atoms with Crippen LogP contribution < -0.4 is 15.8 Å². The molecule has 0 aliphatic carbocycles. The summed E-state index contributed by atoms with van der Waals surface area (Å²) in [6.07, 6.45) is 0.787. The first-order valence-corrected chi connectivity index (χ1v) is 8.43. The van der Waals surface area contributed by atoms with Crippen LogP contribution in [0.3, 0.4) is 0 Å². The highest BCUT2D eigenvalue weighted by Gasteiger charge is 2.16. The molecule has 3 aromatic rings. The summed E-state index contributed by atoms with van der Waals surface area (Å²) in [4.78, 5) is 24.6. The van der Waals surface area contributed by atoms with Crippen LogP contribution in [0.2, 0.25) is 0 Å². The van der Waals surface area contributed by atoms with Gasteiger partial charge in [-0.25, -0.2) is 4.79 Å². The fourth-order valence-corrected chi connectivity index (χ4v) is 2.74. The predicted molar refractivity (Wildman–Crippen MR) is 98.7 cm³/mol. The summed E-state index contributed by atoms with van der Waals surface area (Å²) in [5.41, 5.74) is 8.01. The van der Waals surface area contributed by atoms with Crippen LogP contribution in [0, 0.1) is 0 Å². The topological polar surface area (TPSA) is 112 Å². The molecule has 8 nitrogen and oxygen atoms in total. The molecule has 0 bridgehead atoms. The first kappa shape index (κ1) is 16.8. The number of nitrogens with zero attached hydrogens (tertiary/aromatic N) is 3. The molecular weight excluding hydrogens is 346 g/mol. The van der Waals surface area contributed by atoms with Gasteiger partial charge in [0.2, 0.25) is 11.9 Å². The van der Waals surface area contributed by atoms with Gasteiger partial charge in [-0.2, -0.15) is 15.0 Å². The van der Waals surface area contributed by atoms with Gasteiger partial charge in [0.15, 0.2) is 12.4 Å². The predicted octanol–water partition coefficient (Wildman–Crippen LogP) is 2.49. The van der Waals surface area contributed by atoms with Crippen molar-refractivity contribution < 1.29 is 14.3 Å². The van der Waals surface area contributed by atoms with Gasteiger partial charge in [-0.1, -0.05) is 18.2 Å². The highest BCUT2D eigenvalue weighted by atomic mass is 16.5. The summed E-state index contributed by atoms with van der Waals surface area (Å²) < 4.78 is 10.8. The van der Waals surface area contributed by atoms with Crippen LogP contribution in [0.1, 0.15) is 21.7 Å². The molecule has 8 heteroatoms. The lowest BCUT2D eigenvalue weighted by molar-refractivity contribution is 0.0462. The highest BCUT2D eigenvalue weighted by Crippen LogP contribution is 2.26. The Bertz CT molecular complexity index is 978. The molecule has 0 atom stereocenters. The Labute approximate surface area is 155 Å². The van der Waals surface area contributed by atoms with Gasteiger partial charge in [-0.15, -0.1) is 0 Å². The second-order valence-corrected chi connectivity index (χ2v) is 5.92. The van der Waals surface area contributed by atoms with Crippen LogP contribution >= 0.6 is 0 Å². The number of carbonyl (C=O) groups is 1. The number of nitrogens with two attached hydrogens (primary N) is 1. The molecule has 0 fully saturated rings. The Morgan fingerprint density at radius 2 is 2.00 bits per heavy atom. The fourth-order valence-electron chi connectivity index (χ4n) is 2.74. The number of hydrogen-bond acceptors (Lipinski definition) is 8. The van der Waals surface area contributed by atoms with Gasteiger partial charge >= 0.3 is 5.97 Å². The number of fused-ring (bicyclic) bond motifs is 1. The van der Waals surface area contributed by atoms with Crippen molar-refractivity contribution in [1.82, 2.24) is 15.0 Å². The van der Waals surface area contributed by atoms with E-state index in [1.807, 2.05) is 30.3 Å². The second-order valence-electron chi connectivity index (χ2n) is 5.92. The maximum absolute atomic E-state index is 12.3. The van der Waals surface area contributed by atoms with E-state index in [2.05, 4.69) is 20.3 Å². The van der Waals surface area contributed by atoms with Crippen LogP contribution in [-0.2, 0) is 17.8 Å². The van der Waals surface area contributed by atoms with Crippen LogP contribution in [-0.4, -0.2) is 27.5 Å². The molecule has 1 aliphatic heterocycles. The maximum atomic E-state index is 12.3. The maximum Gasteiger partial charge on any atom is 0.338 e. The standard InChI is InChI=1S/C19H17N5O3/c20-18-22-16(23-19(24-18)21-14-4-2-1-3-5-14)11-27-17(25)13-6-7-15-12(10-13)8-9-26-15/h1-7,10H,8-9,11H2,(H3,20,21,22,23,24). The van der Waals surface area contributed by atoms with Crippen molar-refractivity contribution >= 4 is 23.6 Å². The summed E-state index contributed by atoms with van der Waals surface area (Å²) in [5, 5.41) is 3.04. The van der Waals surface area contributed by atoms with Crippen LogP contribution in [0.25, 0.3) is 0 Å². The third-order valence-corrected chi connectivity index (χ3v) is 3.99. The Hall–Kier alpha value is -3.68. The molecule has 0 amide bonds. The Morgan fingerprint density at radius 3 is 2.85 bits per heavy atom. The van der Waals surface area contributed by atoms with Gasteiger partial charge < -0.3 is 20.5 Å². The molecule has 27 heavy (non-hydrogen) atoms. The number of carbonyl (C=O) groups excluding carboxylic acids is 1. The molecule has 0 radical (unpaired) electrons. The average molecular weight is 363 g/mol. The minimum Gasteiger partial charge on any atom is -0.493 e. The van der Waals surface area contributed by atoms with E-state index < -0.39 is 5.97 Å². The van der Waals surface area contributed by atoms with Gasteiger partial charge in [0.25, 0.3) is 0 Å². The van der Waals surface area contributed by atoms with Crippen LogP contribution in [0.5, 0.6) is 5.75 Å². The number of benzene rings is 2. The summed E-state index contributed by atoms with van der Waals surface area (Å²) >= 11 is 0. The molecule has 0 saturated heterocycles. The van der Waals surface area contributed by atoms with E-state index >= 15 is 0 Å². The van der Waals surface area contributed by atoms with E-state index in [-0.39, 0.29) is 24.3 Å². The van der Waals surface area contributed by atoms with E-state index in [4.69, 9.17) is 15.2 Å². The summed E-state index contributed by atoms with van der Waals surface area (Å²) in [5.74, 6) is 0.951. The quantitative estimate of drug-likeness (QED) is 0.665. The molecule has 2 aromatic carbocycles. The zero-order chi connectivity index (χ0) is 18.6. The third kappa shape index (κ3) is 3.95. The molecule has 0 saturated carbocycles. The molecule has 2 heterocycles. The first-order chi connectivity index (χ1) is 13.2. The van der Waals surface area contributed by atoms with Gasteiger partial charge in [0.1, 0.15) is 5.75 Å². The normalized spacial score (nSPS) is 12.1. The van der Waals surface area contributed by atoms with Crippen molar-refractivity contribution in [2.75, 3.05) is 17.7 Å². The number of nitrogen functional groups attached to an aromatic ring is 1. The number of hydrogen-bond donors (Lipinski definition) is 2. The molecule has 0 spiro atoms. The van der Waals surface area contributed by atoms with Crippen molar-refractivity contribution in [2.45, 2.75) is 13.0 Å². The second kappa shape index (κ2) is 7.28. The lowest BCUT2D eigenvalue weighted by Gasteiger charge is -2.08. The minimum atomic E-state index is -0.457. The Morgan fingerprint density at radius 1 is 1.15 bits per heavy atom. The van der Waals surface area contributed by atoms with Crippen molar-refractivity contribution in [2.24, 2.45) is 0 Å². The molecule has 3 N–H and O–H groups in total. The third-order valence-electron chi connectivity index (χ3n) is 3.99. The van der Waals surface area contributed by atoms with Crippen LogP contribution in [0.4, 0.5) is 17.6 Å². The number of nitrogens with one attached hydrogen (secondary N) is 1. The SMILES string of the molecule is Nc1nc(COC(=O)c2ccc3c(c2)CCO3)nc(Nc2ccccc2)n1. The monoisotopic (exact) mass is 363 g/mol. The molecule has 0 unspecified atom stereocenters. The highest BCUT2D eigenvalue weighted by molar-refractivity contribution is 5.89. The molecule has 136 valence electrons. The molecular formula is C19H17N5O3. The zero-order valence-corrected chi connectivity index (χ0v) is 14.4. The molecule has 4 rings (SSSR count). The average Bonchev–Trinajstić information content (AvgIpc) is 3.14. The van der Waals surface area contributed by atoms with E-state index in [0.29, 0.717) is 12.2 Å². The molecule has 1 aliphatic rings. The number of esters is 1. The van der Waals surface area contributed by atoms with Gasteiger partial charge in [-0.3, -0.25) is 0 Å². The summed E-state index contributed by atoms with van der Waals surface area (Å²) in [6, 6.07) is 14.7. The Balaban J connectivity index is 1.44. The van der Waals surface area contributed by atoms with E-state index in [1.165, 1.54) is 0 Å². The van der Waals surface area contributed by atoms with Crippen molar-refractivity contribution in [3.8, 4) is 5.75 Å². The number of para-hydroxylation sites is 1. The van der Waals surface area contributed by atoms with Crippen molar-refractivity contribution in [3.05, 3.63) is 65.5 Å². The van der Waals surface area contributed by atoms with Gasteiger partial charge in [-0.05, 0) is 35.9 Å². The summed E-state index contributed by atoms with van der Waals surface area (Å²) in [6.45, 7) is 0.526. The molecule has 1 aromatic heterocycles. The fraction of sp³-hybridized carbons (Fsp3) is 0.158. The zero-order valence-electron chi connectivity index (χ0n) is 14.4. The van der Waals surface area contributed by atoms with Crippen molar-refractivity contribution in [3.63, 3.8) is 0 Å². The van der Waals surface area contributed by atoms with Gasteiger partial charge in [0, 0.05) is 12.1 Å². The number of ether oxygens (including phenoxy) is 2. The van der Waals surface area contributed by atoms with E-state index in [9.17, 15) is 4.79 Å². The smallest absolute Gasteiger partial charge is 0.338 e. The van der Waals surface area contributed by atoms with E-state index in [0.717, 1.165) is 23.4 Å². The minimum absolute atomic E-state index is 0.0455. The number of anilines is 3. The lowest BCUT2D eigenvalue weighted by Crippen LogP contribution is -2.11. The largest absolute Gasteiger partial charge is 0.493 e. The Kier molecular flexibility index (Phi) is 4.52. The van der Waals surface area contributed by atoms with Gasteiger partial charge in [0.05, 0.1) is 12.2 Å². The number of rotatable bonds is 5. The number of aromatic nitrogens is 3. The first-order valence-electron chi connectivity index (χ1n) is 8.43. The lowest BCUT2D eigenvalue weighted by atomic mass is 10.1. The van der Waals surface area contributed by atoms with E-state index in [1.54, 1.807) is 18.2 Å². The summed E-state index contributed by atoms with van der Waals surface area (Å²) in [7, 11) is 0. The van der Waals surface area contributed by atoms with Crippen molar-refractivity contribution in [1.29, 1.82) is 0 Å².